The zero-order valence-corrected chi connectivity index (χ0v) is 23.4. The average molecular weight is 598 g/mol. The van der Waals surface area contributed by atoms with E-state index in [1.54, 1.807) is 36.4 Å². The summed E-state index contributed by atoms with van der Waals surface area (Å²) in [6, 6.07) is 10.5. The molecule has 2 aromatic carbocycles. The van der Waals surface area contributed by atoms with Gasteiger partial charge < -0.3 is 20.1 Å². The maximum absolute atomic E-state index is 12.4. The van der Waals surface area contributed by atoms with E-state index in [2.05, 4.69) is 70.2 Å². The second kappa shape index (κ2) is 14.4. The van der Waals surface area contributed by atoms with Gasteiger partial charge in [0.25, 0.3) is 11.8 Å². The van der Waals surface area contributed by atoms with Crippen LogP contribution in [-0.2, 0) is 0 Å². The first-order valence-corrected chi connectivity index (χ1v) is 13.2. The molecule has 8 heteroatoms. The molecule has 2 N–H and O–H groups in total. The van der Waals surface area contributed by atoms with Gasteiger partial charge in [0.05, 0.1) is 22.2 Å². The van der Waals surface area contributed by atoms with Gasteiger partial charge in [0, 0.05) is 24.2 Å². The number of carbonyl (C=O) groups is 2. The molecule has 0 radical (unpaired) electrons. The van der Waals surface area contributed by atoms with Crippen LogP contribution < -0.4 is 20.1 Å². The Hall–Kier alpha value is -2.06. The Morgan fingerprint density at radius 2 is 1.12 bits per heavy atom. The Kier molecular flexibility index (Phi) is 11.9. The highest BCUT2D eigenvalue weighted by molar-refractivity contribution is 9.10. The van der Waals surface area contributed by atoms with Gasteiger partial charge in [-0.25, -0.2) is 0 Å². The quantitative estimate of drug-likeness (QED) is 0.269. The van der Waals surface area contributed by atoms with Crippen molar-refractivity contribution in [3.05, 3.63) is 56.5 Å². The van der Waals surface area contributed by atoms with E-state index >= 15 is 0 Å². The van der Waals surface area contributed by atoms with Gasteiger partial charge >= 0.3 is 0 Å². The highest BCUT2D eigenvalue weighted by Crippen LogP contribution is 2.27. The van der Waals surface area contributed by atoms with Crippen LogP contribution in [0, 0.1) is 11.8 Å². The molecule has 0 saturated heterocycles. The predicted octanol–water partition coefficient (Wildman–Crippen LogP) is 6.22. The molecule has 2 aromatic rings. The fourth-order valence-corrected chi connectivity index (χ4v) is 3.87. The Morgan fingerprint density at radius 3 is 1.44 bits per heavy atom. The van der Waals surface area contributed by atoms with Gasteiger partial charge in [-0.05, 0) is 92.9 Å². The number of benzene rings is 2. The predicted molar refractivity (Wildman–Crippen MR) is 143 cm³/mol. The van der Waals surface area contributed by atoms with Crippen LogP contribution in [0.3, 0.4) is 0 Å². The Labute approximate surface area is 219 Å². The largest absolute Gasteiger partial charge is 0.492 e. The van der Waals surface area contributed by atoms with Crippen LogP contribution in [0.2, 0.25) is 0 Å². The molecular weight excluding hydrogens is 564 g/mol. The van der Waals surface area contributed by atoms with Gasteiger partial charge in [-0.3, -0.25) is 9.59 Å². The van der Waals surface area contributed by atoms with E-state index in [0.717, 1.165) is 21.8 Å². The van der Waals surface area contributed by atoms with E-state index in [1.165, 1.54) is 0 Å². The Morgan fingerprint density at radius 1 is 0.735 bits per heavy atom. The smallest absolute Gasteiger partial charge is 0.251 e. The van der Waals surface area contributed by atoms with Crippen molar-refractivity contribution in [2.75, 3.05) is 26.3 Å². The second-order valence-electron chi connectivity index (χ2n) is 8.86. The Balaban J connectivity index is 1.77. The molecule has 0 aliphatic rings. The number of carbonyl (C=O) groups excluding carboxylic acids is 2. The first kappa shape index (κ1) is 28.2. The molecular formula is C26H34Br2N2O4. The fourth-order valence-electron chi connectivity index (χ4n) is 2.88. The highest BCUT2D eigenvalue weighted by atomic mass is 79.9. The molecule has 0 bridgehead atoms. The lowest BCUT2D eigenvalue weighted by Gasteiger charge is -2.12. The third-order valence-electron chi connectivity index (χ3n) is 4.99. The van der Waals surface area contributed by atoms with E-state index in [0.29, 0.717) is 60.8 Å². The number of hydrogen-bond donors (Lipinski definition) is 2. The monoisotopic (exact) mass is 596 g/mol. The summed E-state index contributed by atoms with van der Waals surface area (Å²) in [5.74, 6) is 2.14. The van der Waals surface area contributed by atoms with Crippen LogP contribution in [0.4, 0.5) is 0 Å². The molecule has 0 atom stereocenters. The fraction of sp³-hybridized carbons (Fsp3) is 0.462. The summed E-state index contributed by atoms with van der Waals surface area (Å²) < 4.78 is 13.0. The molecule has 34 heavy (non-hydrogen) atoms. The van der Waals surface area contributed by atoms with E-state index in [4.69, 9.17) is 9.47 Å². The first-order valence-electron chi connectivity index (χ1n) is 11.6. The van der Waals surface area contributed by atoms with Crippen LogP contribution in [0.15, 0.2) is 45.3 Å². The minimum atomic E-state index is -0.214. The molecule has 0 fully saturated rings. The van der Waals surface area contributed by atoms with Gasteiger partial charge in [0.2, 0.25) is 0 Å². The van der Waals surface area contributed by atoms with Gasteiger partial charge in [-0.1, -0.05) is 27.7 Å². The summed E-state index contributed by atoms with van der Waals surface area (Å²) >= 11 is 6.93. The van der Waals surface area contributed by atoms with E-state index in [9.17, 15) is 9.59 Å². The lowest BCUT2D eigenvalue weighted by Crippen LogP contribution is -2.34. The van der Waals surface area contributed by atoms with Crippen molar-refractivity contribution in [2.45, 2.75) is 40.5 Å². The lowest BCUT2D eigenvalue weighted by molar-refractivity contribution is 0.0927. The van der Waals surface area contributed by atoms with Crippen LogP contribution in [0.25, 0.3) is 0 Å². The van der Waals surface area contributed by atoms with Crippen molar-refractivity contribution in [3.8, 4) is 11.5 Å². The van der Waals surface area contributed by atoms with Crippen molar-refractivity contribution < 1.29 is 19.1 Å². The summed E-state index contributed by atoms with van der Waals surface area (Å²) in [5.41, 5.74) is 1.04. The molecule has 2 rings (SSSR count). The maximum atomic E-state index is 12.4. The summed E-state index contributed by atoms with van der Waals surface area (Å²) in [6.07, 6.45) is 1.93. The third-order valence-corrected chi connectivity index (χ3v) is 6.23. The van der Waals surface area contributed by atoms with Crippen molar-refractivity contribution in [1.29, 1.82) is 0 Å². The van der Waals surface area contributed by atoms with E-state index in [-0.39, 0.29) is 11.8 Å². The standard InChI is InChI=1S/C26H34Br2N2O4/c1-17(2)9-13-33-23-7-5-19(15-21(23)27)25(31)29-11-12-30-26(32)20-6-8-24(22(28)16-20)34-14-10-18(3)4/h5-8,15-18H,9-14H2,1-4H3,(H,29,31)(H,30,32). The minimum Gasteiger partial charge on any atom is -0.492 e. The number of hydrogen-bond acceptors (Lipinski definition) is 4. The number of ether oxygens (including phenoxy) is 2. The third kappa shape index (κ3) is 9.66. The molecule has 2 amide bonds. The summed E-state index contributed by atoms with van der Waals surface area (Å²) in [6.45, 7) is 10.5. The van der Waals surface area contributed by atoms with Gasteiger partial charge in [0.1, 0.15) is 11.5 Å². The van der Waals surface area contributed by atoms with Crippen LogP contribution >= 0.6 is 31.9 Å². The van der Waals surface area contributed by atoms with Crippen molar-refractivity contribution in [1.82, 2.24) is 10.6 Å². The normalized spacial score (nSPS) is 10.9. The van der Waals surface area contributed by atoms with Crippen LogP contribution in [0.1, 0.15) is 61.3 Å². The Bertz CT molecular complexity index is 886. The number of rotatable bonds is 13. The zero-order chi connectivity index (χ0) is 25.1. The average Bonchev–Trinajstić information content (AvgIpc) is 2.78. The second-order valence-corrected chi connectivity index (χ2v) is 10.6. The number of nitrogens with one attached hydrogen (secondary N) is 2. The minimum absolute atomic E-state index is 0.214. The highest BCUT2D eigenvalue weighted by Gasteiger charge is 2.11. The molecule has 0 heterocycles. The van der Waals surface area contributed by atoms with Crippen molar-refractivity contribution >= 4 is 43.7 Å². The van der Waals surface area contributed by atoms with Crippen molar-refractivity contribution in [2.24, 2.45) is 11.8 Å². The topological polar surface area (TPSA) is 76.7 Å². The van der Waals surface area contributed by atoms with Crippen LogP contribution in [-0.4, -0.2) is 38.1 Å². The first-order chi connectivity index (χ1) is 16.2. The molecule has 0 aromatic heterocycles. The van der Waals surface area contributed by atoms with Gasteiger partial charge in [-0.2, -0.15) is 0 Å². The van der Waals surface area contributed by atoms with Crippen molar-refractivity contribution in [3.63, 3.8) is 0 Å². The summed E-state index contributed by atoms with van der Waals surface area (Å²) in [5, 5.41) is 5.64. The molecule has 0 aliphatic carbocycles. The molecule has 6 nitrogen and oxygen atoms in total. The number of halogens is 2. The summed E-state index contributed by atoms with van der Waals surface area (Å²) in [4.78, 5) is 24.9. The molecule has 0 aliphatic heterocycles. The maximum Gasteiger partial charge on any atom is 0.251 e. The van der Waals surface area contributed by atoms with E-state index < -0.39 is 0 Å². The number of amides is 2. The molecule has 0 unspecified atom stereocenters. The lowest BCUT2D eigenvalue weighted by atomic mass is 10.1. The zero-order valence-electron chi connectivity index (χ0n) is 20.3. The molecule has 0 saturated carbocycles. The van der Waals surface area contributed by atoms with Gasteiger partial charge in [-0.15, -0.1) is 0 Å². The van der Waals surface area contributed by atoms with E-state index in [1.807, 2.05) is 0 Å². The van der Waals surface area contributed by atoms with Gasteiger partial charge in [0.15, 0.2) is 0 Å². The summed E-state index contributed by atoms with van der Waals surface area (Å²) in [7, 11) is 0. The molecule has 186 valence electrons. The SMILES string of the molecule is CC(C)CCOc1ccc(C(=O)NCCNC(=O)c2ccc(OCCC(C)C)c(Br)c2)cc1Br. The molecule has 0 spiro atoms. The van der Waals surface area contributed by atoms with Crippen LogP contribution in [0.5, 0.6) is 11.5 Å².